The lowest BCUT2D eigenvalue weighted by Crippen LogP contribution is -2.36. The fourth-order valence-corrected chi connectivity index (χ4v) is 4.89. The van der Waals surface area contributed by atoms with Gasteiger partial charge >= 0.3 is 17.8 Å². The highest BCUT2D eigenvalue weighted by Crippen LogP contribution is 2.22. The van der Waals surface area contributed by atoms with E-state index in [-0.39, 0.29) is 12.3 Å². The second-order valence-corrected chi connectivity index (χ2v) is 9.08. The van der Waals surface area contributed by atoms with Crippen LogP contribution in [0.25, 0.3) is 0 Å². The number of carbonyl (C=O) groups excluding carboxylic acids is 4. The van der Waals surface area contributed by atoms with Crippen LogP contribution in [0.3, 0.4) is 0 Å². The third-order valence-electron chi connectivity index (χ3n) is 5.10. The van der Waals surface area contributed by atoms with Gasteiger partial charge in [0, 0.05) is 26.7 Å². The number of urea groups is 1. The minimum Gasteiger partial charge on any atom is -0.343 e. The van der Waals surface area contributed by atoms with Crippen molar-refractivity contribution in [3.05, 3.63) is 67.8 Å². The van der Waals surface area contributed by atoms with Crippen molar-refractivity contribution in [1.29, 1.82) is 0 Å². The zero-order valence-electron chi connectivity index (χ0n) is 16.5. The summed E-state index contributed by atoms with van der Waals surface area (Å²) in [4.78, 5) is 53.8. The quantitative estimate of drug-likeness (QED) is 0.320. The Morgan fingerprint density at radius 2 is 1.50 bits per heavy atom. The van der Waals surface area contributed by atoms with Crippen molar-refractivity contribution in [3.8, 4) is 0 Å². The summed E-state index contributed by atoms with van der Waals surface area (Å²) in [6.07, 6.45) is 0. The average molecular weight is 442 g/mol. The van der Waals surface area contributed by atoms with Crippen LogP contribution in [0.2, 0.25) is 0 Å². The lowest BCUT2D eigenvalue weighted by Gasteiger charge is -2.14. The number of hydrogen-bond donors (Lipinski definition) is 0. The van der Waals surface area contributed by atoms with Gasteiger partial charge in [0.25, 0.3) is 0 Å². The maximum Gasteiger partial charge on any atom is 0.335 e. The van der Waals surface area contributed by atoms with Gasteiger partial charge in [-0.2, -0.15) is 0 Å². The molecule has 1 aliphatic heterocycles. The van der Waals surface area contributed by atoms with E-state index in [1.165, 1.54) is 11.3 Å². The molecule has 4 amide bonds. The monoisotopic (exact) mass is 441 g/mol. The lowest BCUT2D eigenvalue weighted by atomic mass is 10.1. The number of rotatable bonds is 7. The molecule has 0 bridgehead atoms. The average Bonchev–Trinajstić information content (AvgIpc) is 3.50. The zero-order valence-corrected chi connectivity index (χ0v) is 18.1. The van der Waals surface area contributed by atoms with E-state index in [9.17, 15) is 19.2 Å². The molecule has 0 atom stereocenters. The van der Waals surface area contributed by atoms with Gasteiger partial charge in [-0.1, -0.05) is 12.1 Å². The van der Waals surface area contributed by atoms with Crippen LogP contribution < -0.4 is 0 Å². The number of ketones is 1. The Kier molecular flexibility index (Phi) is 5.40. The number of amides is 4. The molecule has 7 nitrogen and oxygen atoms in total. The molecule has 0 unspecified atom stereocenters. The van der Waals surface area contributed by atoms with Crippen molar-refractivity contribution in [1.82, 2.24) is 14.4 Å². The van der Waals surface area contributed by atoms with Gasteiger partial charge in [-0.05, 0) is 42.8 Å². The topological polar surface area (TPSA) is 79.7 Å². The summed E-state index contributed by atoms with van der Waals surface area (Å²) in [7, 11) is 0. The van der Waals surface area contributed by atoms with Crippen LogP contribution >= 0.6 is 22.7 Å². The molecule has 0 saturated carbocycles. The number of Topliss-reactive ketones (excluding diaryl/α,β-unsaturated/α-hetero) is 1. The molecule has 9 heteroatoms. The van der Waals surface area contributed by atoms with Crippen molar-refractivity contribution < 1.29 is 19.2 Å². The highest BCUT2D eigenvalue weighted by Gasteiger charge is 2.45. The Hall–Kier alpha value is -3.04. The third kappa shape index (κ3) is 3.61. The van der Waals surface area contributed by atoms with Gasteiger partial charge in [0.05, 0.1) is 19.6 Å². The van der Waals surface area contributed by atoms with Gasteiger partial charge in [-0.15, -0.1) is 22.7 Å². The van der Waals surface area contributed by atoms with Gasteiger partial charge in [0.1, 0.15) is 0 Å². The van der Waals surface area contributed by atoms with Crippen molar-refractivity contribution in [2.45, 2.75) is 26.9 Å². The van der Waals surface area contributed by atoms with E-state index in [1.807, 2.05) is 41.3 Å². The predicted molar refractivity (Wildman–Crippen MR) is 114 cm³/mol. The molecular formula is C21H19N3O4S2. The number of imide groups is 2. The molecule has 3 aromatic heterocycles. The van der Waals surface area contributed by atoms with E-state index in [0.29, 0.717) is 12.1 Å². The van der Waals surface area contributed by atoms with Gasteiger partial charge in [0.15, 0.2) is 5.78 Å². The summed E-state index contributed by atoms with van der Waals surface area (Å²) in [5, 5.41) is 3.83. The Bertz CT molecular complexity index is 1130. The zero-order chi connectivity index (χ0) is 21.4. The van der Waals surface area contributed by atoms with Gasteiger partial charge in [0.2, 0.25) is 0 Å². The van der Waals surface area contributed by atoms with Crippen LogP contribution in [0.1, 0.15) is 31.5 Å². The molecule has 30 heavy (non-hydrogen) atoms. The Labute approximate surface area is 181 Å². The predicted octanol–water partition coefficient (Wildman–Crippen LogP) is 3.45. The van der Waals surface area contributed by atoms with Crippen molar-refractivity contribution in [2.24, 2.45) is 0 Å². The molecule has 1 fully saturated rings. The number of aryl methyl sites for hydroxylation is 1. The molecule has 1 aliphatic rings. The van der Waals surface area contributed by atoms with Crippen LogP contribution in [0, 0.1) is 13.8 Å². The van der Waals surface area contributed by atoms with Crippen LogP contribution in [-0.2, 0) is 22.7 Å². The summed E-state index contributed by atoms with van der Waals surface area (Å²) in [6.45, 7) is 3.98. The molecule has 154 valence electrons. The molecule has 0 N–H and O–H groups in total. The molecule has 0 aliphatic carbocycles. The largest absolute Gasteiger partial charge is 0.343 e. The Balaban J connectivity index is 1.51. The van der Waals surface area contributed by atoms with Crippen molar-refractivity contribution >= 4 is 46.3 Å². The van der Waals surface area contributed by atoms with E-state index < -0.39 is 24.4 Å². The van der Waals surface area contributed by atoms with Crippen LogP contribution in [0.5, 0.6) is 0 Å². The second kappa shape index (κ2) is 8.00. The molecule has 0 aromatic carbocycles. The first-order valence-corrected chi connectivity index (χ1v) is 11.0. The summed E-state index contributed by atoms with van der Waals surface area (Å²) >= 11 is 3.03. The van der Waals surface area contributed by atoms with Crippen molar-refractivity contribution in [2.75, 3.05) is 6.54 Å². The first-order chi connectivity index (χ1) is 14.4. The summed E-state index contributed by atoms with van der Waals surface area (Å²) in [6, 6.07) is 8.61. The summed E-state index contributed by atoms with van der Waals surface area (Å²) in [5.41, 5.74) is 2.14. The molecule has 4 rings (SSSR count). The normalized spacial score (nSPS) is 14.3. The molecule has 1 saturated heterocycles. The summed E-state index contributed by atoms with van der Waals surface area (Å²) < 4.78 is 2.03. The Morgan fingerprint density at radius 1 is 0.900 bits per heavy atom. The van der Waals surface area contributed by atoms with E-state index in [0.717, 1.165) is 30.9 Å². The van der Waals surface area contributed by atoms with E-state index in [4.69, 9.17) is 0 Å². The van der Waals surface area contributed by atoms with Gasteiger partial charge in [-0.25, -0.2) is 9.69 Å². The third-order valence-corrected chi connectivity index (χ3v) is 6.82. The first-order valence-electron chi connectivity index (χ1n) is 9.29. The van der Waals surface area contributed by atoms with E-state index in [1.54, 1.807) is 29.5 Å². The maximum absolute atomic E-state index is 12.9. The molecule has 0 radical (unpaired) electrons. The number of carbonyl (C=O) groups is 4. The van der Waals surface area contributed by atoms with Crippen LogP contribution in [0.15, 0.2) is 41.1 Å². The minimum atomic E-state index is -0.961. The number of aromatic nitrogens is 1. The smallest absolute Gasteiger partial charge is 0.335 e. The summed E-state index contributed by atoms with van der Waals surface area (Å²) in [5.74, 6) is -2.23. The molecule has 4 heterocycles. The van der Waals surface area contributed by atoms with Crippen LogP contribution in [0.4, 0.5) is 4.79 Å². The highest BCUT2D eigenvalue weighted by molar-refractivity contribution is 7.10. The minimum absolute atomic E-state index is 0.0289. The molecular weight excluding hydrogens is 422 g/mol. The molecule has 3 aromatic rings. The van der Waals surface area contributed by atoms with Crippen LogP contribution in [-0.4, -0.2) is 44.5 Å². The van der Waals surface area contributed by atoms with Crippen molar-refractivity contribution in [3.63, 3.8) is 0 Å². The number of nitrogens with zero attached hydrogens (tertiary/aromatic N) is 3. The molecule has 0 spiro atoms. The van der Waals surface area contributed by atoms with Gasteiger partial charge < -0.3 is 4.57 Å². The first kappa shape index (κ1) is 20.2. The number of hydrogen-bond acceptors (Lipinski definition) is 6. The highest BCUT2D eigenvalue weighted by atomic mass is 32.1. The fraction of sp³-hybridized carbons (Fsp3) is 0.238. The number of thiophene rings is 2. The van der Waals surface area contributed by atoms with E-state index in [2.05, 4.69) is 0 Å². The lowest BCUT2D eigenvalue weighted by molar-refractivity contribution is -0.143. The standard InChI is InChI=1S/C21H19N3O4S2/c1-13-9-17(14(2)22(13)10-15-5-3-7-29-15)18(25)12-24-20(27)19(26)23(21(24)28)11-16-6-4-8-30-16/h3-9H,10-12H2,1-2H3. The second-order valence-electron chi connectivity index (χ2n) is 7.02. The van der Waals surface area contributed by atoms with Gasteiger partial charge in [-0.3, -0.25) is 19.3 Å². The van der Waals surface area contributed by atoms with E-state index >= 15 is 0 Å². The SMILES string of the molecule is Cc1cc(C(=O)CN2C(=O)C(=O)N(Cc3cccs3)C2=O)c(C)n1Cc1cccs1. The maximum atomic E-state index is 12.9. The Morgan fingerprint density at radius 3 is 2.10 bits per heavy atom. The fourth-order valence-electron chi connectivity index (χ4n) is 3.50.